The number of nitrogens with zero attached hydrogens (tertiary/aromatic N) is 2. The number of likely N-dealkylation sites (N-methyl/N-ethyl adjacent to an activating group) is 1. The predicted octanol–water partition coefficient (Wildman–Crippen LogP) is 2.91. The summed E-state index contributed by atoms with van der Waals surface area (Å²) in [6, 6.07) is 12.8. The Morgan fingerprint density at radius 3 is 2.34 bits per heavy atom. The number of carbonyl (C=O) groups excluding carboxylic acids is 2. The van der Waals surface area contributed by atoms with Crippen LogP contribution in [0.2, 0.25) is 0 Å². The van der Waals surface area contributed by atoms with Gasteiger partial charge in [-0.3, -0.25) is 9.59 Å². The molecule has 0 radical (unpaired) electrons. The molecule has 0 aromatic heterocycles. The number of hydrogen-bond acceptors (Lipinski definition) is 5. The van der Waals surface area contributed by atoms with E-state index in [1.165, 1.54) is 4.90 Å². The van der Waals surface area contributed by atoms with Crippen LogP contribution in [0.15, 0.2) is 48.2 Å². The highest BCUT2D eigenvalue weighted by Crippen LogP contribution is 2.36. The van der Waals surface area contributed by atoms with Crippen molar-refractivity contribution in [3.05, 3.63) is 64.9 Å². The minimum atomic E-state index is -0.386. The Kier molecular flexibility index (Phi) is 6.03. The number of carbonyl (C=O) groups is 2. The molecule has 1 aliphatic rings. The van der Waals surface area contributed by atoms with Gasteiger partial charge in [-0.25, -0.2) is 4.90 Å². The first kappa shape index (κ1) is 20.6. The van der Waals surface area contributed by atoms with Gasteiger partial charge in [0.15, 0.2) is 0 Å². The normalized spacial score (nSPS) is 14.0. The van der Waals surface area contributed by atoms with Crippen molar-refractivity contribution in [1.82, 2.24) is 4.90 Å². The first-order chi connectivity index (χ1) is 13.9. The minimum Gasteiger partial charge on any atom is -0.494 e. The molecule has 3 rings (SSSR count). The van der Waals surface area contributed by atoms with E-state index in [4.69, 9.17) is 4.74 Å². The van der Waals surface area contributed by atoms with Gasteiger partial charge in [-0.1, -0.05) is 24.3 Å². The molecule has 0 fully saturated rings. The van der Waals surface area contributed by atoms with Crippen molar-refractivity contribution < 1.29 is 19.4 Å². The molecule has 0 saturated heterocycles. The number of benzene rings is 2. The SMILES string of the molecule is CCOc1ccc(C2=C(N(C)CCO)C(=O)N(c3cc(C)ccc3C)C2=O)cc1. The van der Waals surface area contributed by atoms with Crippen molar-refractivity contribution in [2.24, 2.45) is 0 Å². The zero-order valence-corrected chi connectivity index (χ0v) is 17.2. The fourth-order valence-electron chi connectivity index (χ4n) is 3.46. The van der Waals surface area contributed by atoms with Crippen LogP contribution < -0.4 is 9.64 Å². The average Bonchev–Trinajstić information content (AvgIpc) is 2.95. The summed E-state index contributed by atoms with van der Waals surface area (Å²) in [5.41, 5.74) is 3.64. The molecule has 0 unspecified atom stereocenters. The topological polar surface area (TPSA) is 70.1 Å². The van der Waals surface area contributed by atoms with Crippen molar-refractivity contribution in [2.45, 2.75) is 20.8 Å². The Balaban J connectivity index is 2.11. The molecule has 0 spiro atoms. The second-order valence-electron chi connectivity index (χ2n) is 7.06. The lowest BCUT2D eigenvalue weighted by atomic mass is 10.0. The van der Waals surface area contributed by atoms with Crippen LogP contribution >= 0.6 is 0 Å². The number of imide groups is 1. The summed E-state index contributed by atoms with van der Waals surface area (Å²) < 4.78 is 5.48. The molecule has 1 N–H and O–H groups in total. The summed E-state index contributed by atoms with van der Waals surface area (Å²) >= 11 is 0. The van der Waals surface area contributed by atoms with Gasteiger partial charge in [-0.2, -0.15) is 0 Å². The highest BCUT2D eigenvalue weighted by atomic mass is 16.5. The predicted molar refractivity (Wildman–Crippen MR) is 113 cm³/mol. The van der Waals surface area contributed by atoms with Crippen molar-refractivity contribution >= 4 is 23.1 Å². The molecular weight excluding hydrogens is 368 g/mol. The molecule has 29 heavy (non-hydrogen) atoms. The van der Waals surface area contributed by atoms with Gasteiger partial charge < -0.3 is 14.7 Å². The van der Waals surface area contributed by atoms with Crippen LogP contribution in [-0.2, 0) is 9.59 Å². The molecule has 1 aliphatic heterocycles. The first-order valence-corrected chi connectivity index (χ1v) is 9.64. The summed E-state index contributed by atoms with van der Waals surface area (Å²) in [6.45, 7) is 6.37. The van der Waals surface area contributed by atoms with Crippen LogP contribution in [-0.4, -0.2) is 48.6 Å². The molecular formula is C23H26N2O4. The summed E-state index contributed by atoms with van der Waals surface area (Å²) in [4.78, 5) is 29.7. The average molecular weight is 394 g/mol. The fraction of sp³-hybridized carbons (Fsp3) is 0.304. The van der Waals surface area contributed by atoms with Crippen LogP contribution in [0.25, 0.3) is 5.57 Å². The molecule has 6 heteroatoms. The monoisotopic (exact) mass is 394 g/mol. The molecule has 2 aromatic rings. The third kappa shape index (κ3) is 3.89. The Labute approximate surface area is 171 Å². The third-order valence-electron chi connectivity index (χ3n) is 4.94. The first-order valence-electron chi connectivity index (χ1n) is 9.64. The van der Waals surface area contributed by atoms with Crippen LogP contribution in [0.5, 0.6) is 5.75 Å². The largest absolute Gasteiger partial charge is 0.494 e. The molecule has 0 atom stereocenters. The lowest BCUT2D eigenvalue weighted by Gasteiger charge is -2.21. The van der Waals surface area contributed by atoms with E-state index in [0.29, 0.717) is 29.2 Å². The molecule has 152 valence electrons. The summed E-state index contributed by atoms with van der Waals surface area (Å²) in [5.74, 6) is -0.0542. The molecule has 0 saturated carbocycles. The number of rotatable bonds is 7. The Hall–Kier alpha value is -3.12. The third-order valence-corrected chi connectivity index (χ3v) is 4.94. The van der Waals surface area contributed by atoms with Crippen LogP contribution in [0.1, 0.15) is 23.6 Å². The van der Waals surface area contributed by atoms with Crippen molar-refractivity contribution in [2.75, 3.05) is 31.7 Å². The van der Waals surface area contributed by atoms with Gasteiger partial charge in [0.2, 0.25) is 0 Å². The zero-order valence-electron chi connectivity index (χ0n) is 17.2. The number of aliphatic hydroxyl groups is 1. The number of aryl methyl sites for hydroxylation is 2. The van der Waals surface area contributed by atoms with E-state index in [0.717, 1.165) is 11.1 Å². The number of ether oxygens (including phenoxy) is 1. The highest BCUT2D eigenvalue weighted by Gasteiger charge is 2.42. The highest BCUT2D eigenvalue weighted by molar-refractivity contribution is 6.45. The van der Waals surface area contributed by atoms with E-state index in [-0.39, 0.29) is 30.7 Å². The van der Waals surface area contributed by atoms with E-state index >= 15 is 0 Å². The maximum Gasteiger partial charge on any atom is 0.282 e. The minimum absolute atomic E-state index is 0.124. The molecule has 0 bridgehead atoms. The van der Waals surface area contributed by atoms with Gasteiger partial charge >= 0.3 is 0 Å². The van der Waals surface area contributed by atoms with Crippen molar-refractivity contribution in [3.63, 3.8) is 0 Å². The van der Waals surface area contributed by atoms with Gasteiger partial charge in [0.05, 0.1) is 24.5 Å². The van der Waals surface area contributed by atoms with Crippen molar-refractivity contribution in [3.8, 4) is 5.75 Å². The number of hydrogen-bond donors (Lipinski definition) is 1. The van der Waals surface area contributed by atoms with E-state index in [2.05, 4.69) is 0 Å². The van der Waals surface area contributed by atoms with Gasteiger partial charge in [-0.15, -0.1) is 0 Å². The lowest BCUT2D eigenvalue weighted by Crippen LogP contribution is -2.35. The number of amides is 2. The van der Waals surface area contributed by atoms with Gasteiger partial charge in [0.25, 0.3) is 11.8 Å². The second-order valence-corrected chi connectivity index (χ2v) is 7.06. The Morgan fingerprint density at radius 1 is 1.03 bits per heavy atom. The smallest absolute Gasteiger partial charge is 0.282 e. The standard InChI is InChI=1S/C23H26N2O4/c1-5-29-18-10-8-17(9-11-18)20-21(24(4)12-13-26)23(28)25(22(20)27)19-14-15(2)6-7-16(19)3/h6-11,14,26H,5,12-13H2,1-4H3. The van der Waals surface area contributed by atoms with E-state index in [9.17, 15) is 14.7 Å². The number of aliphatic hydroxyl groups excluding tert-OH is 1. The van der Waals surface area contributed by atoms with Gasteiger partial charge in [-0.05, 0) is 55.7 Å². The van der Waals surface area contributed by atoms with E-state index < -0.39 is 0 Å². The lowest BCUT2D eigenvalue weighted by molar-refractivity contribution is -0.120. The Bertz CT molecular complexity index is 963. The summed E-state index contributed by atoms with van der Waals surface area (Å²) in [7, 11) is 1.71. The summed E-state index contributed by atoms with van der Waals surface area (Å²) in [6.07, 6.45) is 0. The molecule has 0 aliphatic carbocycles. The van der Waals surface area contributed by atoms with Gasteiger partial charge in [0.1, 0.15) is 11.4 Å². The van der Waals surface area contributed by atoms with Crippen molar-refractivity contribution in [1.29, 1.82) is 0 Å². The second kappa shape index (κ2) is 8.49. The van der Waals surface area contributed by atoms with Gasteiger partial charge in [0, 0.05) is 13.6 Å². The molecule has 1 heterocycles. The van der Waals surface area contributed by atoms with E-state index in [1.54, 1.807) is 36.2 Å². The van der Waals surface area contributed by atoms with Crippen LogP contribution in [0.3, 0.4) is 0 Å². The summed E-state index contributed by atoms with van der Waals surface area (Å²) in [5, 5.41) is 9.37. The fourth-order valence-corrected chi connectivity index (χ4v) is 3.46. The van der Waals surface area contributed by atoms with E-state index in [1.807, 2.05) is 39.0 Å². The Morgan fingerprint density at radius 2 is 1.72 bits per heavy atom. The van der Waals surface area contributed by atoms with Crippen LogP contribution in [0.4, 0.5) is 5.69 Å². The molecule has 2 aromatic carbocycles. The number of anilines is 1. The quantitative estimate of drug-likeness (QED) is 0.732. The maximum atomic E-state index is 13.4. The maximum absolute atomic E-state index is 13.4. The zero-order chi connectivity index (χ0) is 21.1. The molecule has 2 amide bonds. The molecule has 6 nitrogen and oxygen atoms in total. The van der Waals surface area contributed by atoms with Crippen LogP contribution in [0, 0.1) is 13.8 Å².